The average molecular weight is 303 g/mol. The first-order valence-corrected chi connectivity index (χ1v) is 6.60. The van der Waals surface area contributed by atoms with E-state index in [0.29, 0.717) is 12.5 Å². The van der Waals surface area contributed by atoms with Crippen LogP contribution >= 0.6 is 0 Å². The summed E-state index contributed by atoms with van der Waals surface area (Å²) in [4.78, 5) is 13.7. The molecule has 0 spiro atoms. The number of anilines is 1. The molecule has 0 saturated heterocycles. The van der Waals surface area contributed by atoms with Gasteiger partial charge in [-0.15, -0.1) is 0 Å². The van der Waals surface area contributed by atoms with Crippen LogP contribution in [0.1, 0.15) is 36.2 Å². The number of carbonyl (C=O) groups is 1. The fourth-order valence-electron chi connectivity index (χ4n) is 1.88. The Labute approximate surface area is 122 Å². The fourth-order valence-corrected chi connectivity index (χ4v) is 1.88. The van der Waals surface area contributed by atoms with Crippen molar-refractivity contribution in [2.24, 2.45) is 11.8 Å². The van der Waals surface area contributed by atoms with Crippen LogP contribution in [-0.4, -0.2) is 24.4 Å². The molecule has 21 heavy (non-hydrogen) atoms. The first kappa shape index (κ1) is 17.3. The monoisotopic (exact) mass is 303 g/mol. The van der Waals surface area contributed by atoms with Crippen molar-refractivity contribution >= 4 is 11.6 Å². The molecule has 1 aromatic rings. The van der Waals surface area contributed by atoms with E-state index in [9.17, 15) is 18.0 Å². The molecule has 0 aromatic heterocycles. The van der Waals surface area contributed by atoms with Crippen LogP contribution in [0.25, 0.3) is 0 Å². The molecule has 0 heterocycles. The molecule has 0 saturated carbocycles. The third-order valence-corrected chi connectivity index (χ3v) is 3.13. The van der Waals surface area contributed by atoms with Gasteiger partial charge in [0.15, 0.2) is 0 Å². The van der Waals surface area contributed by atoms with E-state index in [2.05, 4.69) is 0 Å². The number of halogens is 3. The Balaban J connectivity index is 3.10. The van der Waals surface area contributed by atoms with Gasteiger partial charge >= 0.3 is 6.18 Å². The predicted molar refractivity (Wildman–Crippen MR) is 75.7 cm³/mol. The van der Waals surface area contributed by atoms with Crippen molar-refractivity contribution < 1.29 is 18.0 Å². The van der Waals surface area contributed by atoms with Crippen molar-refractivity contribution in [2.75, 3.05) is 19.0 Å². The maximum Gasteiger partial charge on any atom is 0.418 e. The summed E-state index contributed by atoms with van der Waals surface area (Å²) in [5.41, 5.74) is 0.572. The normalized spacial score (nSPS) is 11.6. The van der Waals surface area contributed by atoms with Gasteiger partial charge in [0.1, 0.15) is 0 Å². The van der Waals surface area contributed by atoms with Crippen molar-refractivity contribution in [1.29, 1.82) is 0 Å². The zero-order valence-electron chi connectivity index (χ0n) is 12.3. The van der Waals surface area contributed by atoms with Crippen LogP contribution in [0.3, 0.4) is 0 Å². The van der Waals surface area contributed by atoms with Gasteiger partial charge in [0, 0.05) is 13.6 Å². The molecule has 0 aliphatic carbocycles. The average Bonchev–Trinajstić information content (AvgIpc) is 2.41. The van der Waals surface area contributed by atoms with Gasteiger partial charge in [-0.1, -0.05) is 19.9 Å². The van der Waals surface area contributed by atoms with E-state index in [1.54, 1.807) is 7.05 Å². The summed E-state index contributed by atoms with van der Waals surface area (Å²) >= 11 is 0. The van der Waals surface area contributed by atoms with E-state index in [1.165, 1.54) is 17.0 Å². The van der Waals surface area contributed by atoms with Crippen LogP contribution in [0.2, 0.25) is 0 Å². The van der Waals surface area contributed by atoms with Gasteiger partial charge < -0.3 is 10.3 Å². The second-order valence-electron chi connectivity index (χ2n) is 5.28. The molecule has 1 rings (SSSR count). The maximum absolute atomic E-state index is 12.9. The topological polar surface area (TPSA) is 58.4 Å². The molecule has 1 amide bonds. The zero-order valence-corrected chi connectivity index (χ0v) is 12.3. The van der Waals surface area contributed by atoms with Crippen LogP contribution in [0.5, 0.6) is 0 Å². The smallest absolute Gasteiger partial charge is 0.342 e. The van der Waals surface area contributed by atoms with Crippen molar-refractivity contribution in [3.63, 3.8) is 0 Å². The zero-order chi connectivity index (χ0) is 16.2. The minimum Gasteiger partial charge on any atom is -0.342 e. The largest absolute Gasteiger partial charge is 0.418 e. The number of benzene rings is 1. The first-order chi connectivity index (χ1) is 9.68. The van der Waals surface area contributed by atoms with Crippen LogP contribution in [0.15, 0.2) is 18.2 Å². The predicted octanol–water partition coefficient (Wildman–Crippen LogP) is 3.11. The summed E-state index contributed by atoms with van der Waals surface area (Å²) in [5, 5.41) is 0. The number of hydrazine groups is 1. The Bertz CT molecular complexity index is 501. The summed E-state index contributed by atoms with van der Waals surface area (Å²) in [6, 6.07) is 3.42. The summed E-state index contributed by atoms with van der Waals surface area (Å²) in [7, 11) is 1.56. The molecule has 0 aliphatic rings. The molecule has 7 heteroatoms. The lowest BCUT2D eigenvalue weighted by Crippen LogP contribution is -2.30. The molecule has 0 bridgehead atoms. The lowest BCUT2D eigenvalue weighted by Gasteiger charge is -2.21. The molecular weight excluding hydrogens is 283 g/mol. The number of nitrogen functional groups attached to an aromatic ring is 1. The minimum absolute atomic E-state index is 0.0846. The molecule has 0 unspecified atom stereocenters. The highest BCUT2D eigenvalue weighted by Gasteiger charge is 2.35. The lowest BCUT2D eigenvalue weighted by atomic mass is 10.0. The van der Waals surface area contributed by atoms with Gasteiger partial charge in [0.2, 0.25) is 0 Å². The Morgan fingerprint density at radius 3 is 2.48 bits per heavy atom. The number of rotatable bonds is 5. The SMILES string of the molecule is CC(C)CCN(C)C(=O)c1cccc(C(F)(F)F)c1NN. The van der Waals surface area contributed by atoms with E-state index in [-0.39, 0.29) is 5.56 Å². The summed E-state index contributed by atoms with van der Waals surface area (Å²) in [6.07, 6.45) is -3.80. The molecule has 0 atom stereocenters. The fraction of sp³-hybridized carbons (Fsp3) is 0.500. The van der Waals surface area contributed by atoms with Crippen molar-refractivity contribution in [3.8, 4) is 0 Å². The number of hydrogen-bond acceptors (Lipinski definition) is 3. The van der Waals surface area contributed by atoms with Gasteiger partial charge in [-0.05, 0) is 24.5 Å². The van der Waals surface area contributed by atoms with Gasteiger partial charge in [0.25, 0.3) is 5.91 Å². The second-order valence-corrected chi connectivity index (χ2v) is 5.28. The van der Waals surface area contributed by atoms with Gasteiger partial charge in [-0.2, -0.15) is 13.2 Å². The third-order valence-electron chi connectivity index (χ3n) is 3.13. The number of nitrogens with zero attached hydrogens (tertiary/aromatic N) is 1. The summed E-state index contributed by atoms with van der Waals surface area (Å²) < 4.78 is 38.7. The molecule has 3 N–H and O–H groups in total. The summed E-state index contributed by atoms with van der Waals surface area (Å²) in [5.74, 6) is 5.09. The van der Waals surface area contributed by atoms with Crippen LogP contribution in [0, 0.1) is 5.92 Å². The van der Waals surface area contributed by atoms with Crippen molar-refractivity contribution in [3.05, 3.63) is 29.3 Å². The van der Waals surface area contributed by atoms with E-state index in [0.717, 1.165) is 12.5 Å². The Hall–Kier alpha value is -1.76. The number of nitrogens with two attached hydrogens (primary N) is 1. The van der Waals surface area contributed by atoms with E-state index < -0.39 is 23.3 Å². The quantitative estimate of drug-likeness (QED) is 0.649. The van der Waals surface area contributed by atoms with E-state index in [4.69, 9.17) is 5.84 Å². The standard InChI is InChI=1S/C14H20F3N3O/c1-9(2)7-8-20(3)13(21)10-5-4-6-11(12(10)19-18)14(15,16)17/h4-6,9,19H,7-8,18H2,1-3H3. The minimum atomic E-state index is -4.57. The molecule has 1 aromatic carbocycles. The van der Waals surface area contributed by atoms with Crippen molar-refractivity contribution in [1.82, 2.24) is 4.90 Å². The molecule has 118 valence electrons. The number of amides is 1. The maximum atomic E-state index is 12.9. The second kappa shape index (κ2) is 6.80. The van der Waals surface area contributed by atoms with Gasteiger partial charge in [-0.25, -0.2) is 0 Å². The number of hydrogen-bond donors (Lipinski definition) is 2. The molecule has 4 nitrogen and oxygen atoms in total. The molecule has 0 fully saturated rings. The highest BCUT2D eigenvalue weighted by molar-refractivity contribution is 6.00. The Kier molecular flexibility index (Phi) is 5.60. The number of alkyl halides is 3. The van der Waals surface area contributed by atoms with Crippen LogP contribution in [-0.2, 0) is 6.18 Å². The highest BCUT2D eigenvalue weighted by Crippen LogP contribution is 2.36. The number of para-hydroxylation sites is 1. The molecule has 0 radical (unpaired) electrons. The van der Waals surface area contributed by atoms with Gasteiger partial charge in [0.05, 0.1) is 16.8 Å². The third kappa shape index (κ3) is 4.35. The lowest BCUT2D eigenvalue weighted by molar-refractivity contribution is -0.137. The van der Waals surface area contributed by atoms with Gasteiger partial charge in [-0.3, -0.25) is 10.6 Å². The van der Waals surface area contributed by atoms with Crippen LogP contribution in [0.4, 0.5) is 18.9 Å². The Morgan fingerprint density at radius 2 is 2.00 bits per heavy atom. The first-order valence-electron chi connectivity index (χ1n) is 6.60. The number of carbonyl (C=O) groups excluding carboxylic acids is 1. The highest BCUT2D eigenvalue weighted by atomic mass is 19.4. The van der Waals surface area contributed by atoms with Crippen LogP contribution < -0.4 is 11.3 Å². The van der Waals surface area contributed by atoms with E-state index in [1.807, 2.05) is 19.3 Å². The Morgan fingerprint density at radius 1 is 1.38 bits per heavy atom. The molecule has 0 aliphatic heterocycles. The van der Waals surface area contributed by atoms with E-state index >= 15 is 0 Å². The summed E-state index contributed by atoms with van der Waals surface area (Å²) in [6.45, 7) is 4.49. The number of nitrogens with one attached hydrogen (secondary N) is 1. The molecular formula is C14H20F3N3O. The van der Waals surface area contributed by atoms with Crippen molar-refractivity contribution in [2.45, 2.75) is 26.4 Å².